The molecule has 0 saturated carbocycles. The third kappa shape index (κ3) is 5.42. The van der Waals surface area contributed by atoms with Crippen LogP contribution in [0.5, 0.6) is 5.75 Å². The predicted molar refractivity (Wildman–Crippen MR) is 96.4 cm³/mol. The SMILES string of the molecule is C=CCN(CC=C)C(=O)CNc1ccccc1OCC1CCCO1. The number of anilines is 1. The van der Waals surface area contributed by atoms with Crippen LogP contribution in [0.2, 0.25) is 0 Å². The minimum absolute atomic E-state index is 0.0104. The van der Waals surface area contributed by atoms with Gasteiger partial charge in [-0.2, -0.15) is 0 Å². The lowest BCUT2D eigenvalue weighted by molar-refractivity contribution is -0.128. The first-order chi connectivity index (χ1) is 11.7. The fourth-order valence-corrected chi connectivity index (χ4v) is 2.57. The molecule has 1 aliphatic rings. The van der Waals surface area contributed by atoms with Gasteiger partial charge < -0.3 is 19.7 Å². The number of rotatable bonds is 10. The molecule has 5 heteroatoms. The summed E-state index contributed by atoms with van der Waals surface area (Å²) in [5.74, 6) is 0.725. The molecule has 0 aromatic heterocycles. The Balaban J connectivity index is 1.90. The highest BCUT2D eigenvalue weighted by Crippen LogP contribution is 2.24. The molecule has 1 fully saturated rings. The molecule has 130 valence electrons. The highest BCUT2D eigenvalue weighted by Gasteiger charge is 2.17. The summed E-state index contributed by atoms with van der Waals surface area (Å²) < 4.78 is 11.4. The summed E-state index contributed by atoms with van der Waals surface area (Å²) in [6.07, 6.45) is 5.70. The van der Waals surface area contributed by atoms with Gasteiger partial charge in [0.05, 0.1) is 18.3 Å². The van der Waals surface area contributed by atoms with E-state index in [1.807, 2.05) is 24.3 Å². The molecular weight excluding hydrogens is 304 g/mol. The molecule has 1 unspecified atom stereocenters. The lowest BCUT2D eigenvalue weighted by Crippen LogP contribution is -2.35. The molecule has 24 heavy (non-hydrogen) atoms. The Hall–Kier alpha value is -2.27. The second kappa shape index (κ2) is 9.78. The smallest absolute Gasteiger partial charge is 0.242 e. The minimum atomic E-state index is -0.0104. The van der Waals surface area contributed by atoms with Crippen molar-refractivity contribution in [1.82, 2.24) is 4.90 Å². The Kier molecular flexibility index (Phi) is 7.36. The van der Waals surface area contributed by atoms with Crippen LogP contribution in [0.4, 0.5) is 5.69 Å². The van der Waals surface area contributed by atoms with Crippen molar-refractivity contribution in [2.24, 2.45) is 0 Å². The molecule has 2 rings (SSSR count). The fraction of sp³-hybridized carbons (Fsp3) is 0.421. The summed E-state index contributed by atoms with van der Waals surface area (Å²) in [4.78, 5) is 14.0. The van der Waals surface area contributed by atoms with Gasteiger partial charge in [0, 0.05) is 19.7 Å². The lowest BCUT2D eigenvalue weighted by Gasteiger charge is -2.20. The van der Waals surface area contributed by atoms with E-state index >= 15 is 0 Å². The predicted octanol–water partition coefficient (Wildman–Crippen LogP) is 2.86. The van der Waals surface area contributed by atoms with Gasteiger partial charge in [-0.1, -0.05) is 24.3 Å². The first-order valence-electron chi connectivity index (χ1n) is 8.31. The molecule has 1 aromatic carbocycles. The second-order valence-electron chi connectivity index (χ2n) is 5.67. The largest absolute Gasteiger partial charge is 0.489 e. The summed E-state index contributed by atoms with van der Waals surface area (Å²) in [7, 11) is 0. The third-order valence-electron chi connectivity index (χ3n) is 3.82. The van der Waals surface area contributed by atoms with Crippen LogP contribution in [-0.2, 0) is 9.53 Å². The topological polar surface area (TPSA) is 50.8 Å². The zero-order valence-corrected chi connectivity index (χ0v) is 14.1. The highest BCUT2D eigenvalue weighted by atomic mass is 16.5. The Labute approximate surface area is 143 Å². The number of hydrogen-bond donors (Lipinski definition) is 1. The molecule has 1 amide bonds. The molecule has 0 spiro atoms. The van der Waals surface area contributed by atoms with Gasteiger partial charge in [0.15, 0.2) is 0 Å². The quantitative estimate of drug-likeness (QED) is 0.670. The molecular formula is C19H26N2O3. The van der Waals surface area contributed by atoms with Crippen LogP contribution in [0.15, 0.2) is 49.6 Å². The highest BCUT2D eigenvalue weighted by molar-refractivity contribution is 5.81. The number of nitrogens with zero attached hydrogens (tertiary/aromatic N) is 1. The first-order valence-corrected chi connectivity index (χ1v) is 8.31. The number of benzene rings is 1. The van der Waals surface area contributed by atoms with Crippen LogP contribution in [0.1, 0.15) is 12.8 Å². The molecule has 5 nitrogen and oxygen atoms in total. The van der Waals surface area contributed by atoms with Crippen LogP contribution in [0.25, 0.3) is 0 Å². The van der Waals surface area contributed by atoms with E-state index in [9.17, 15) is 4.79 Å². The van der Waals surface area contributed by atoms with Crippen LogP contribution in [0.3, 0.4) is 0 Å². The summed E-state index contributed by atoms with van der Waals surface area (Å²) in [5.41, 5.74) is 0.806. The van der Waals surface area contributed by atoms with Gasteiger partial charge >= 0.3 is 0 Å². The van der Waals surface area contributed by atoms with Crippen molar-refractivity contribution in [2.45, 2.75) is 18.9 Å². The molecule has 1 N–H and O–H groups in total. The van der Waals surface area contributed by atoms with Crippen molar-refractivity contribution in [3.05, 3.63) is 49.6 Å². The van der Waals surface area contributed by atoms with Gasteiger partial charge in [0.2, 0.25) is 5.91 Å². The summed E-state index contributed by atoms with van der Waals surface area (Å²) in [6, 6.07) is 7.63. The van der Waals surface area contributed by atoms with Crippen molar-refractivity contribution in [2.75, 3.05) is 38.2 Å². The lowest BCUT2D eigenvalue weighted by atomic mass is 10.2. The number of carbonyl (C=O) groups excluding carboxylic acids is 1. The summed E-state index contributed by atoms with van der Waals surface area (Å²) >= 11 is 0. The van der Waals surface area contributed by atoms with Gasteiger partial charge in [0.1, 0.15) is 12.4 Å². The third-order valence-corrected chi connectivity index (χ3v) is 3.82. The molecule has 1 aliphatic heterocycles. The van der Waals surface area contributed by atoms with Gasteiger partial charge in [0.25, 0.3) is 0 Å². The average Bonchev–Trinajstić information content (AvgIpc) is 3.12. The fourth-order valence-electron chi connectivity index (χ4n) is 2.57. The maximum Gasteiger partial charge on any atom is 0.242 e. The maximum atomic E-state index is 12.3. The van der Waals surface area contributed by atoms with Crippen LogP contribution < -0.4 is 10.1 Å². The van der Waals surface area contributed by atoms with Crippen LogP contribution in [0, 0.1) is 0 Å². The minimum Gasteiger partial charge on any atom is -0.489 e. The molecule has 1 aromatic rings. The van der Waals surface area contributed by atoms with E-state index in [0.717, 1.165) is 30.9 Å². The van der Waals surface area contributed by atoms with Crippen molar-refractivity contribution < 1.29 is 14.3 Å². The zero-order valence-electron chi connectivity index (χ0n) is 14.1. The van der Waals surface area contributed by atoms with E-state index in [-0.39, 0.29) is 18.6 Å². The molecule has 1 atom stereocenters. The van der Waals surface area contributed by atoms with Gasteiger partial charge in [-0.15, -0.1) is 13.2 Å². The molecule has 1 saturated heterocycles. The monoisotopic (exact) mass is 330 g/mol. The number of hydrogen-bond acceptors (Lipinski definition) is 4. The van der Waals surface area contributed by atoms with Gasteiger partial charge in [-0.05, 0) is 25.0 Å². The van der Waals surface area contributed by atoms with E-state index in [4.69, 9.17) is 9.47 Å². The number of carbonyl (C=O) groups is 1. The van der Waals surface area contributed by atoms with E-state index in [0.29, 0.717) is 19.7 Å². The van der Waals surface area contributed by atoms with E-state index in [1.54, 1.807) is 17.1 Å². The normalized spacial score (nSPS) is 16.4. The number of ether oxygens (including phenoxy) is 2. The zero-order chi connectivity index (χ0) is 17.2. The van der Waals surface area contributed by atoms with Crippen molar-refractivity contribution >= 4 is 11.6 Å². The van der Waals surface area contributed by atoms with Gasteiger partial charge in [-0.3, -0.25) is 4.79 Å². The molecule has 0 aliphatic carbocycles. The Morgan fingerprint density at radius 2 is 2.08 bits per heavy atom. The summed E-state index contributed by atoms with van der Waals surface area (Å²) in [6.45, 7) is 9.91. The van der Waals surface area contributed by atoms with E-state index in [1.165, 1.54) is 0 Å². The van der Waals surface area contributed by atoms with Crippen molar-refractivity contribution in [3.8, 4) is 5.75 Å². The average molecular weight is 330 g/mol. The standard InChI is InChI=1S/C19H26N2O3/c1-3-11-21(12-4-2)19(22)14-20-17-9-5-6-10-18(17)24-15-16-8-7-13-23-16/h3-6,9-10,16,20H,1-2,7-8,11-15H2. The van der Waals surface area contributed by atoms with Gasteiger partial charge in [-0.25, -0.2) is 0 Å². The van der Waals surface area contributed by atoms with Crippen molar-refractivity contribution in [1.29, 1.82) is 0 Å². The maximum absolute atomic E-state index is 12.3. The van der Waals surface area contributed by atoms with Crippen molar-refractivity contribution in [3.63, 3.8) is 0 Å². The van der Waals surface area contributed by atoms with Crippen LogP contribution >= 0.6 is 0 Å². The second-order valence-corrected chi connectivity index (χ2v) is 5.67. The number of amides is 1. The molecule has 1 heterocycles. The number of para-hydroxylation sites is 2. The van der Waals surface area contributed by atoms with Crippen LogP contribution in [-0.4, -0.2) is 49.8 Å². The Morgan fingerprint density at radius 1 is 1.33 bits per heavy atom. The summed E-state index contributed by atoms with van der Waals surface area (Å²) in [5, 5.41) is 3.16. The Morgan fingerprint density at radius 3 is 2.75 bits per heavy atom. The molecule has 0 bridgehead atoms. The van der Waals surface area contributed by atoms with E-state index in [2.05, 4.69) is 18.5 Å². The number of nitrogens with one attached hydrogen (secondary N) is 1. The first kappa shape index (κ1) is 18.1. The van der Waals surface area contributed by atoms with E-state index < -0.39 is 0 Å². The Bertz CT molecular complexity index is 543. The molecule has 0 radical (unpaired) electrons.